The first-order valence-corrected chi connectivity index (χ1v) is 8.02. The van der Waals surface area contributed by atoms with Crippen LogP contribution in [0.15, 0.2) is 28.7 Å². The fourth-order valence-electron chi connectivity index (χ4n) is 1.75. The molecule has 0 aliphatic rings. The molecule has 0 aliphatic heterocycles. The molecule has 0 fully saturated rings. The first-order chi connectivity index (χ1) is 8.11. The first kappa shape index (κ1) is 15.2. The second kappa shape index (κ2) is 8.28. The van der Waals surface area contributed by atoms with Crippen molar-refractivity contribution in [2.45, 2.75) is 26.3 Å². The fourth-order valence-corrected chi connectivity index (χ4v) is 2.80. The van der Waals surface area contributed by atoms with Gasteiger partial charge in [-0.25, -0.2) is 0 Å². The van der Waals surface area contributed by atoms with E-state index in [1.165, 1.54) is 24.9 Å². The van der Waals surface area contributed by atoms with Gasteiger partial charge in [-0.15, -0.1) is 0 Å². The smallest absolute Gasteiger partial charge is 0.0230 e. The zero-order valence-corrected chi connectivity index (χ0v) is 13.8. The molecule has 3 heteroatoms. The maximum absolute atomic E-state index is 3.50. The number of hydrogen-bond acceptors (Lipinski definition) is 1. The number of benzene rings is 1. The zero-order chi connectivity index (χ0) is 12.7. The Kier molecular flexibility index (Phi) is 7.40. The van der Waals surface area contributed by atoms with Crippen molar-refractivity contribution in [3.63, 3.8) is 0 Å². The van der Waals surface area contributed by atoms with Crippen LogP contribution in [0.3, 0.4) is 0 Å². The molecule has 1 aromatic carbocycles. The van der Waals surface area contributed by atoms with Gasteiger partial charge in [-0.05, 0) is 50.0 Å². The molecule has 0 aliphatic carbocycles. The number of hydrogen-bond donors (Lipinski definition) is 0. The van der Waals surface area contributed by atoms with E-state index >= 15 is 0 Å². The van der Waals surface area contributed by atoms with Gasteiger partial charge >= 0.3 is 0 Å². The quantitative estimate of drug-likeness (QED) is 0.636. The van der Waals surface area contributed by atoms with E-state index < -0.39 is 0 Å². The van der Waals surface area contributed by atoms with Gasteiger partial charge in [-0.3, -0.25) is 0 Å². The van der Waals surface area contributed by atoms with E-state index in [0.717, 1.165) is 22.3 Å². The molecule has 1 atom stereocenters. The predicted molar refractivity (Wildman–Crippen MR) is 82.7 cm³/mol. The highest BCUT2D eigenvalue weighted by atomic mass is 79.9. The first-order valence-electron chi connectivity index (χ1n) is 6.10. The minimum atomic E-state index is 0.807. The lowest BCUT2D eigenvalue weighted by Crippen LogP contribution is -2.20. The molecule has 0 spiro atoms. The summed E-state index contributed by atoms with van der Waals surface area (Å²) in [6.07, 6.45) is 2.55. The lowest BCUT2D eigenvalue weighted by atomic mass is 10.1. The highest BCUT2D eigenvalue weighted by molar-refractivity contribution is 9.10. The summed E-state index contributed by atoms with van der Waals surface area (Å²) in [5.74, 6) is 0.807. The number of nitrogens with zero attached hydrogens (tertiary/aromatic N) is 1. The van der Waals surface area contributed by atoms with Gasteiger partial charge in [0.1, 0.15) is 0 Å². The third kappa shape index (κ3) is 6.58. The molecule has 1 rings (SSSR count). The van der Waals surface area contributed by atoms with Crippen LogP contribution >= 0.6 is 31.9 Å². The van der Waals surface area contributed by atoms with Crippen molar-refractivity contribution < 1.29 is 0 Å². The molecule has 0 amide bonds. The Bertz CT molecular complexity index is 311. The summed E-state index contributed by atoms with van der Waals surface area (Å²) < 4.78 is 1.15. The number of halogens is 2. The van der Waals surface area contributed by atoms with Gasteiger partial charge in [0.25, 0.3) is 0 Å². The summed E-state index contributed by atoms with van der Waals surface area (Å²) in [4.78, 5) is 2.40. The van der Waals surface area contributed by atoms with Gasteiger partial charge in [0, 0.05) is 16.3 Å². The second-order valence-electron chi connectivity index (χ2n) is 4.74. The summed E-state index contributed by atoms with van der Waals surface area (Å²) in [6.45, 7) is 4.53. The van der Waals surface area contributed by atoms with Crippen LogP contribution < -0.4 is 0 Å². The van der Waals surface area contributed by atoms with Crippen LogP contribution in [0, 0.1) is 5.92 Å². The molecule has 0 heterocycles. The van der Waals surface area contributed by atoms with Crippen LogP contribution in [0.1, 0.15) is 25.3 Å². The van der Waals surface area contributed by atoms with Gasteiger partial charge in [-0.2, -0.15) is 0 Å². The monoisotopic (exact) mass is 361 g/mol. The average Bonchev–Trinajstić information content (AvgIpc) is 2.30. The Labute approximate surface area is 122 Å². The van der Waals surface area contributed by atoms with Gasteiger partial charge < -0.3 is 4.90 Å². The molecule has 0 saturated carbocycles. The Morgan fingerprint density at radius 2 is 1.82 bits per heavy atom. The summed E-state index contributed by atoms with van der Waals surface area (Å²) >= 11 is 6.96. The normalized spacial score (nSPS) is 13.0. The van der Waals surface area contributed by atoms with E-state index in [4.69, 9.17) is 0 Å². The summed E-state index contributed by atoms with van der Waals surface area (Å²) in [5.41, 5.74) is 1.38. The molecule has 0 saturated heterocycles. The van der Waals surface area contributed by atoms with Crippen LogP contribution in [0.2, 0.25) is 0 Å². The third-order valence-corrected chi connectivity index (χ3v) is 3.96. The molecule has 0 aromatic heterocycles. The molecule has 0 radical (unpaired) electrons. The van der Waals surface area contributed by atoms with Crippen LogP contribution in [0.5, 0.6) is 0 Å². The topological polar surface area (TPSA) is 3.24 Å². The maximum Gasteiger partial charge on any atom is 0.0230 e. The Morgan fingerprint density at radius 1 is 1.18 bits per heavy atom. The molecular weight excluding hydrogens is 342 g/mol. The van der Waals surface area contributed by atoms with Gasteiger partial charge in [0.2, 0.25) is 0 Å². The van der Waals surface area contributed by atoms with Crippen molar-refractivity contribution in [1.82, 2.24) is 4.90 Å². The Balaban J connectivity index is 2.29. The molecule has 1 aromatic rings. The number of rotatable bonds is 7. The molecule has 17 heavy (non-hydrogen) atoms. The summed E-state index contributed by atoms with van der Waals surface area (Å²) in [6, 6.07) is 8.58. The predicted octanol–water partition coefficient (Wildman–Crippen LogP) is 4.69. The zero-order valence-electron chi connectivity index (χ0n) is 10.6. The van der Waals surface area contributed by atoms with E-state index in [2.05, 4.69) is 75.0 Å². The van der Waals surface area contributed by atoms with Crippen LogP contribution in [0.4, 0.5) is 0 Å². The minimum Gasteiger partial charge on any atom is -0.302 e. The summed E-state index contributed by atoms with van der Waals surface area (Å²) in [7, 11) is 2.20. The van der Waals surface area contributed by atoms with E-state index in [1.54, 1.807) is 0 Å². The molecule has 0 N–H and O–H groups in total. The molecule has 96 valence electrons. The van der Waals surface area contributed by atoms with E-state index in [-0.39, 0.29) is 0 Å². The van der Waals surface area contributed by atoms with Crippen molar-refractivity contribution in [2.75, 3.05) is 18.9 Å². The molecule has 1 nitrogen and oxygen atoms in total. The van der Waals surface area contributed by atoms with Gasteiger partial charge in [-0.1, -0.05) is 50.9 Å². The van der Waals surface area contributed by atoms with Crippen molar-refractivity contribution in [3.8, 4) is 0 Å². The van der Waals surface area contributed by atoms with E-state index in [9.17, 15) is 0 Å². The standard InChI is InChI=1S/C14H21Br2N/c1-12(7-9-15)8-10-17(2)11-13-3-5-14(16)6-4-13/h3-6,12H,7-11H2,1-2H3. The van der Waals surface area contributed by atoms with Crippen LogP contribution in [-0.2, 0) is 6.54 Å². The van der Waals surface area contributed by atoms with Crippen molar-refractivity contribution in [2.24, 2.45) is 5.92 Å². The van der Waals surface area contributed by atoms with Gasteiger partial charge in [0.15, 0.2) is 0 Å². The largest absolute Gasteiger partial charge is 0.302 e. The molecular formula is C14H21Br2N. The van der Waals surface area contributed by atoms with Crippen molar-refractivity contribution >= 4 is 31.9 Å². The third-order valence-electron chi connectivity index (χ3n) is 2.97. The highest BCUT2D eigenvalue weighted by Gasteiger charge is 2.04. The summed E-state index contributed by atoms with van der Waals surface area (Å²) in [5, 5.41) is 1.12. The minimum absolute atomic E-state index is 0.807. The lowest BCUT2D eigenvalue weighted by Gasteiger charge is -2.19. The highest BCUT2D eigenvalue weighted by Crippen LogP contribution is 2.13. The van der Waals surface area contributed by atoms with Crippen LogP contribution in [0.25, 0.3) is 0 Å². The lowest BCUT2D eigenvalue weighted by molar-refractivity contribution is 0.297. The van der Waals surface area contributed by atoms with Crippen molar-refractivity contribution in [3.05, 3.63) is 34.3 Å². The fraction of sp³-hybridized carbons (Fsp3) is 0.571. The molecule has 1 unspecified atom stereocenters. The Hall–Kier alpha value is 0.140. The average molecular weight is 363 g/mol. The van der Waals surface area contributed by atoms with Crippen LogP contribution in [-0.4, -0.2) is 23.8 Å². The van der Waals surface area contributed by atoms with E-state index in [0.29, 0.717) is 0 Å². The van der Waals surface area contributed by atoms with Crippen molar-refractivity contribution in [1.29, 1.82) is 0 Å². The molecule has 0 bridgehead atoms. The van der Waals surface area contributed by atoms with E-state index in [1.807, 2.05) is 0 Å². The number of alkyl halides is 1. The SMILES string of the molecule is CC(CCBr)CCN(C)Cc1ccc(Br)cc1. The Morgan fingerprint density at radius 3 is 2.41 bits per heavy atom. The maximum atomic E-state index is 3.50. The van der Waals surface area contributed by atoms with Gasteiger partial charge in [0.05, 0.1) is 0 Å². The second-order valence-corrected chi connectivity index (χ2v) is 6.44.